The second kappa shape index (κ2) is 9.22. The van der Waals surface area contributed by atoms with Crippen molar-refractivity contribution in [2.75, 3.05) is 38.6 Å². The maximum absolute atomic E-state index is 12.8. The number of hydrogen-bond acceptors (Lipinski definition) is 3. The Balaban J connectivity index is 1.49. The maximum Gasteiger partial charge on any atom is 0.228 e. The lowest BCUT2D eigenvalue weighted by atomic mass is 10.1. The van der Waals surface area contributed by atoms with Crippen molar-refractivity contribution in [2.45, 2.75) is 25.8 Å². The van der Waals surface area contributed by atoms with E-state index in [0.29, 0.717) is 58.0 Å². The first kappa shape index (κ1) is 19.7. The monoisotopic (exact) mass is 391 g/mol. The van der Waals surface area contributed by atoms with Gasteiger partial charge in [-0.1, -0.05) is 30.3 Å². The van der Waals surface area contributed by atoms with E-state index in [9.17, 15) is 14.4 Å². The van der Waals surface area contributed by atoms with E-state index in [1.54, 1.807) is 14.7 Å². The fourth-order valence-electron chi connectivity index (χ4n) is 3.70. The molecule has 6 nitrogen and oxygen atoms in total. The maximum atomic E-state index is 12.8. The molecule has 3 amide bonds. The summed E-state index contributed by atoms with van der Waals surface area (Å²) in [5.41, 5.74) is 1.07. The van der Waals surface area contributed by atoms with Crippen LogP contribution in [-0.4, -0.2) is 71.0 Å². The predicted molar refractivity (Wildman–Crippen MR) is 103 cm³/mol. The van der Waals surface area contributed by atoms with E-state index >= 15 is 0 Å². The third-order valence-corrected chi connectivity index (χ3v) is 5.52. The minimum atomic E-state index is -0.278. The van der Waals surface area contributed by atoms with Gasteiger partial charge in [0, 0.05) is 58.0 Å². The molecule has 146 valence electrons. The fraction of sp³-hybridized carbons (Fsp3) is 0.550. The molecular weight excluding hydrogens is 366 g/mol. The summed E-state index contributed by atoms with van der Waals surface area (Å²) >= 11 is 5.64. The zero-order valence-corrected chi connectivity index (χ0v) is 16.2. The Hall–Kier alpha value is -2.08. The minimum Gasteiger partial charge on any atom is -0.339 e. The predicted octanol–water partition coefficient (Wildman–Crippen LogP) is 1.72. The van der Waals surface area contributed by atoms with Crippen LogP contribution in [0.3, 0.4) is 0 Å². The topological polar surface area (TPSA) is 60.9 Å². The van der Waals surface area contributed by atoms with E-state index in [1.807, 2.05) is 30.3 Å². The van der Waals surface area contributed by atoms with Gasteiger partial charge in [0.05, 0.1) is 5.92 Å². The molecule has 1 atom stereocenters. The van der Waals surface area contributed by atoms with Gasteiger partial charge in [-0.3, -0.25) is 14.4 Å². The van der Waals surface area contributed by atoms with Gasteiger partial charge in [0.15, 0.2) is 0 Å². The molecule has 0 saturated carbocycles. The molecule has 1 aromatic rings. The normalized spacial score (nSPS) is 20.3. The standard InChI is InChI=1S/C20H26ClN3O3/c21-8-4-7-18(25)22-9-11-23(12-10-22)20(27)17-13-19(26)24(15-17)14-16-5-2-1-3-6-16/h1-3,5-6,17H,4,7-15H2. The summed E-state index contributed by atoms with van der Waals surface area (Å²) in [6, 6.07) is 9.83. The highest BCUT2D eigenvalue weighted by Crippen LogP contribution is 2.23. The van der Waals surface area contributed by atoms with Gasteiger partial charge < -0.3 is 14.7 Å². The molecular formula is C20H26ClN3O3. The number of piperazine rings is 1. The largest absolute Gasteiger partial charge is 0.339 e. The van der Waals surface area contributed by atoms with Crippen molar-refractivity contribution in [3.8, 4) is 0 Å². The summed E-state index contributed by atoms with van der Waals surface area (Å²) in [5.74, 6) is 0.380. The Bertz CT molecular complexity index is 674. The molecule has 1 unspecified atom stereocenters. The first-order chi connectivity index (χ1) is 13.1. The van der Waals surface area contributed by atoms with Crippen molar-refractivity contribution >= 4 is 29.3 Å². The van der Waals surface area contributed by atoms with Gasteiger partial charge in [0.1, 0.15) is 0 Å². The Morgan fingerprint density at radius 1 is 1.04 bits per heavy atom. The number of halogens is 1. The number of nitrogens with zero attached hydrogens (tertiary/aromatic N) is 3. The van der Waals surface area contributed by atoms with Crippen molar-refractivity contribution in [1.82, 2.24) is 14.7 Å². The molecule has 27 heavy (non-hydrogen) atoms. The molecule has 0 radical (unpaired) electrons. The lowest BCUT2D eigenvalue weighted by Crippen LogP contribution is -2.52. The van der Waals surface area contributed by atoms with Crippen LogP contribution in [0.25, 0.3) is 0 Å². The molecule has 2 fully saturated rings. The number of rotatable bonds is 6. The number of alkyl halides is 1. The van der Waals surface area contributed by atoms with Crippen molar-refractivity contribution < 1.29 is 14.4 Å². The Morgan fingerprint density at radius 3 is 2.37 bits per heavy atom. The molecule has 0 aromatic heterocycles. The second-order valence-corrected chi connectivity index (χ2v) is 7.54. The summed E-state index contributed by atoms with van der Waals surface area (Å²) in [6.07, 6.45) is 1.42. The van der Waals surface area contributed by atoms with Crippen LogP contribution >= 0.6 is 11.6 Å². The highest BCUT2D eigenvalue weighted by atomic mass is 35.5. The smallest absolute Gasteiger partial charge is 0.228 e. The van der Waals surface area contributed by atoms with Crippen LogP contribution in [0.5, 0.6) is 0 Å². The lowest BCUT2D eigenvalue weighted by molar-refractivity contribution is -0.142. The van der Waals surface area contributed by atoms with Gasteiger partial charge >= 0.3 is 0 Å². The van der Waals surface area contributed by atoms with Gasteiger partial charge in [0.2, 0.25) is 17.7 Å². The van der Waals surface area contributed by atoms with Crippen molar-refractivity contribution in [3.63, 3.8) is 0 Å². The van der Waals surface area contributed by atoms with E-state index in [-0.39, 0.29) is 30.1 Å². The van der Waals surface area contributed by atoms with E-state index in [2.05, 4.69) is 0 Å². The quantitative estimate of drug-likeness (QED) is 0.694. The third kappa shape index (κ3) is 5.01. The van der Waals surface area contributed by atoms with Gasteiger partial charge in [-0.2, -0.15) is 0 Å². The molecule has 1 aromatic carbocycles. The molecule has 3 rings (SSSR count). The van der Waals surface area contributed by atoms with Crippen LogP contribution in [0, 0.1) is 5.92 Å². The van der Waals surface area contributed by atoms with E-state index in [0.717, 1.165) is 5.56 Å². The fourth-order valence-corrected chi connectivity index (χ4v) is 3.84. The summed E-state index contributed by atoms with van der Waals surface area (Å²) < 4.78 is 0. The lowest BCUT2D eigenvalue weighted by Gasteiger charge is -2.36. The van der Waals surface area contributed by atoms with Crippen molar-refractivity contribution in [2.24, 2.45) is 5.92 Å². The molecule has 0 N–H and O–H groups in total. The van der Waals surface area contributed by atoms with Crippen LogP contribution in [0.2, 0.25) is 0 Å². The van der Waals surface area contributed by atoms with Crippen LogP contribution in [0.4, 0.5) is 0 Å². The summed E-state index contributed by atoms with van der Waals surface area (Å²) in [7, 11) is 0. The number of carbonyl (C=O) groups is 3. The van der Waals surface area contributed by atoms with Crippen LogP contribution in [0.15, 0.2) is 30.3 Å². The van der Waals surface area contributed by atoms with Gasteiger partial charge in [-0.25, -0.2) is 0 Å². The number of hydrogen-bond donors (Lipinski definition) is 0. The van der Waals surface area contributed by atoms with Crippen molar-refractivity contribution in [1.29, 1.82) is 0 Å². The summed E-state index contributed by atoms with van der Waals surface area (Å²) in [6.45, 7) is 3.21. The van der Waals surface area contributed by atoms with Crippen LogP contribution < -0.4 is 0 Å². The molecule has 2 saturated heterocycles. The van der Waals surface area contributed by atoms with Crippen molar-refractivity contribution in [3.05, 3.63) is 35.9 Å². The van der Waals surface area contributed by atoms with Gasteiger partial charge in [-0.05, 0) is 12.0 Å². The summed E-state index contributed by atoms with van der Waals surface area (Å²) in [5, 5.41) is 0. The van der Waals surface area contributed by atoms with Gasteiger partial charge in [0.25, 0.3) is 0 Å². The number of benzene rings is 1. The zero-order chi connectivity index (χ0) is 19.2. The Morgan fingerprint density at radius 2 is 1.70 bits per heavy atom. The Kier molecular flexibility index (Phi) is 6.72. The zero-order valence-electron chi connectivity index (χ0n) is 15.5. The SMILES string of the molecule is O=C(CCCCl)N1CCN(C(=O)C2CC(=O)N(Cc3ccccc3)C2)CC1. The first-order valence-electron chi connectivity index (χ1n) is 9.52. The molecule has 0 spiro atoms. The van der Waals surface area contributed by atoms with E-state index < -0.39 is 0 Å². The third-order valence-electron chi connectivity index (χ3n) is 5.25. The molecule has 2 heterocycles. The highest BCUT2D eigenvalue weighted by Gasteiger charge is 2.37. The van der Waals surface area contributed by atoms with E-state index in [1.165, 1.54) is 0 Å². The van der Waals surface area contributed by atoms with Gasteiger partial charge in [-0.15, -0.1) is 11.6 Å². The average molecular weight is 392 g/mol. The molecule has 2 aliphatic heterocycles. The average Bonchev–Trinajstić information content (AvgIpc) is 3.06. The minimum absolute atomic E-state index is 0.0340. The molecule has 2 aliphatic rings. The number of carbonyl (C=O) groups excluding carboxylic acids is 3. The summed E-state index contributed by atoms with van der Waals surface area (Å²) in [4.78, 5) is 42.6. The first-order valence-corrected chi connectivity index (χ1v) is 10.1. The van der Waals surface area contributed by atoms with Crippen LogP contribution in [-0.2, 0) is 20.9 Å². The molecule has 7 heteroatoms. The molecule has 0 aliphatic carbocycles. The number of amides is 3. The van der Waals surface area contributed by atoms with E-state index in [4.69, 9.17) is 11.6 Å². The number of likely N-dealkylation sites (tertiary alicyclic amines) is 1. The highest BCUT2D eigenvalue weighted by molar-refractivity contribution is 6.17. The second-order valence-electron chi connectivity index (χ2n) is 7.16. The van der Waals surface area contributed by atoms with Crippen LogP contribution in [0.1, 0.15) is 24.8 Å². The Labute approximate surface area is 165 Å². The molecule has 0 bridgehead atoms.